The molecule has 0 saturated heterocycles. The quantitative estimate of drug-likeness (QED) is 0.849. The zero-order chi connectivity index (χ0) is 13.1. The predicted octanol–water partition coefficient (Wildman–Crippen LogP) is 1.28. The number of anilines is 2. The van der Waals surface area contributed by atoms with E-state index < -0.39 is 0 Å². The van der Waals surface area contributed by atoms with Crippen LogP contribution in [0, 0.1) is 6.92 Å². The fraction of sp³-hybridized carbons (Fsp3) is 0.417. The van der Waals surface area contributed by atoms with Crippen molar-refractivity contribution in [1.82, 2.24) is 19.7 Å². The Morgan fingerprint density at radius 3 is 2.78 bits per heavy atom. The van der Waals surface area contributed by atoms with Gasteiger partial charge < -0.3 is 11.1 Å². The highest BCUT2D eigenvalue weighted by Crippen LogP contribution is 2.12. The summed E-state index contributed by atoms with van der Waals surface area (Å²) in [6.07, 6.45) is 2.62. The van der Waals surface area contributed by atoms with Crippen molar-refractivity contribution in [2.45, 2.75) is 26.8 Å². The van der Waals surface area contributed by atoms with Gasteiger partial charge in [-0.2, -0.15) is 5.10 Å². The van der Waals surface area contributed by atoms with E-state index in [1.54, 1.807) is 6.07 Å². The van der Waals surface area contributed by atoms with Crippen molar-refractivity contribution < 1.29 is 0 Å². The van der Waals surface area contributed by atoms with Crippen LogP contribution in [0.3, 0.4) is 0 Å². The van der Waals surface area contributed by atoms with Gasteiger partial charge in [-0.15, -0.1) is 0 Å². The second-order valence-electron chi connectivity index (χ2n) is 4.18. The van der Waals surface area contributed by atoms with Crippen LogP contribution >= 0.6 is 0 Å². The molecule has 0 unspecified atom stereocenters. The number of nitrogens with two attached hydrogens (primary N) is 1. The molecule has 96 valence electrons. The molecule has 0 amide bonds. The lowest BCUT2D eigenvalue weighted by atomic mass is 10.2. The lowest BCUT2D eigenvalue weighted by molar-refractivity contribution is 0.738. The van der Waals surface area contributed by atoms with Gasteiger partial charge in [-0.05, 0) is 6.92 Å². The zero-order valence-electron chi connectivity index (χ0n) is 10.9. The minimum absolute atomic E-state index is 0.493. The Bertz CT molecular complexity index is 545. The molecule has 2 heterocycles. The van der Waals surface area contributed by atoms with E-state index in [2.05, 4.69) is 20.4 Å². The van der Waals surface area contributed by atoms with Crippen LogP contribution in [0.5, 0.6) is 0 Å². The second-order valence-corrected chi connectivity index (χ2v) is 4.18. The monoisotopic (exact) mass is 246 g/mol. The maximum absolute atomic E-state index is 5.73. The Balaban J connectivity index is 2.10. The molecular weight excluding hydrogens is 228 g/mol. The zero-order valence-corrected chi connectivity index (χ0v) is 10.9. The number of nitrogen functional groups attached to an aromatic ring is 1. The van der Waals surface area contributed by atoms with Gasteiger partial charge in [-0.3, -0.25) is 4.68 Å². The number of aromatic nitrogens is 4. The van der Waals surface area contributed by atoms with Crippen LogP contribution in [0.1, 0.15) is 24.0 Å². The summed E-state index contributed by atoms with van der Waals surface area (Å²) >= 11 is 0. The molecule has 0 aliphatic carbocycles. The van der Waals surface area contributed by atoms with Crippen LogP contribution < -0.4 is 11.1 Å². The van der Waals surface area contributed by atoms with Crippen LogP contribution in [0.2, 0.25) is 0 Å². The van der Waals surface area contributed by atoms with E-state index in [0.29, 0.717) is 12.4 Å². The summed E-state index contributed by atoms with van der Waals surface area (Å²) in [5, 5.41) is 7.45. The van der Waals surface area contributed by atoms with Gasteiger partial charge in [0.1, 0.15) is 17.5 Å². The van der Waals surface area contributed by atoms with E-state index in [0.717, 1.165) is 29.3 Å². The van der Waals surface area contributed by atoms with Crippen molar-refractivity contribution in [1.29, 1.82) is 0 Å². The largest absolute Gasteiger partial charge is 0.384 e. The summed E-state index contributed by atoms with van der Waals surface area (Å²) in [6.45, 7) is 4.72. The van der Waals surface area contributed by atoms with Crippen LogP contribution in [0.4, 0.5) is 11.6 Å². The van der Waals surface area contributed by atoms with Crippen molar-refractivity contribution in [3.05, 3.63) is 29.3 Å². The molecule has 3 N–H and O–H groups in total. The third kappa shape index (κ3) is 2.58. The average Bonchev–Trinajstić information content (AvgIpc) is 2.67. The van der Waals surface area contributed by atoms with E-state index in [4.69, 9.17) is 5.73 Å². The molecule has 2 aromatic heterocycles. The summed E-state index contributed by atoms with van der Waals surface area (Å²) in [5.74, 6) is 2.00. The van der Waals surface area contributed by atoms with Crippen molar-refractivity contribution in [2.75, 3.05) is 11.1 Å². The molecule has 0 spiro atoms. The molecule has 0 atom stereocenters. The fourth-order valence-electron chi connectivity index (χ4n) is 1.67. The molecule has 18 heavy (non-hydrogen) atoms. The van der Waals surface area contributed by atoms with E-state index in [-0.39, 0.29) is 0 Å². The Morgan fingerprint density at radius 2 is 2.17 bits per heavy atom. The number of aryl methyl sites for hydroxylation is 2. The summed E-state index contributed by atoms with van der Waals surface area (Å²) in [6, 6.07) is 1.74. The SMILES string of the molecule is CCc1nc(N)cc(NCc2cnn(C)c2C)n1. The van der Waals surface area contributed by atoms with Gasteiger partial charge in [-0.25, -0.2) is 9.97 Å². The summed E-state index contributed by atoms with van der Waals surface area (Å²) in [4.78, 5) is 8.51. The van der Waals surface area contributed by atoms with Crippen LogP contribution in [0.25, 0.3) is 0 Å². The number of hydrogen-bond acceptors (Lipinski definition) is 5. The van der Waals surface area contributed by atoms with Crippen molar-refractivity contribution in [2.24, 2.45) is 7.05 Å². The molecular formula is C12H18N6. The molecule has 0 fully saturated rings. The predicted molar refractivity (Wildman–Crippen MR) is 71.1 cm³/mol. The molecule has 0 radical (unpaired) electrons. The maximum Gasteiger partial charge on any atom is 0.132 e. The molecule has 2 rings (SSSR count). The number of rotatable bonds is 4. The first-order valence-electron chi connectivity index (χ1n) is 5.95. The van der Waals surface area contributed by atoms with E-state index in [1.165, 1.54) is 0 Å². The summed E-state index contributed by atoms with van der Waals surface area (Å²) in [7, 11) is 1.93. The van der Waals surface area contributed by atoms with Gasteiger partial charge in [0.05, 0.1) is 6.20 Å². The smallest absolute Gasteiger partial charge is 0.132 e. The molecule has 2 aromatic rings. The summed E-state index contributed by atoms with van der Waals surface area (Å²) < 4.78 is 1.85. The van der Waals surface area contributed by atoms with Gasteiger partial charge in [0, 0.05) is 37.3 Å². The third-order valence-corrected chi connectivity index (χ3v) is 2.91. The molecule has 0 aromatic carbocycles. The van der Waals surface area contributed by atoms with E-state index in [1.807, 2.05) is 31.8 Å². The first kappa shape index (κ1) is 12.3. The van der Waals surface area contributed by atoms with Gasteiger partial charge >= 0.3 is 0 Å². The number of nitrogens with one attached hydrogen (secondary N) is 1. The molecule has 6 nitrogen and oxygen atoms in total. The Labute approximate surface area is 106 Å². The lowest BCUT2D eigenvalue weighted by Gasteiger charge is -2.07. The summed E-state index contributed by atoms with van der Waals surface area (Å²) in [5.41, 5.74) is 8.02. The fourth-order valence-corrected chi connectivity index (χ4v) is 1.67. The minimum Gasteiger partial charge on any atom is -0.384 e. The van der Waals surface area contributed by atoms with Crippen molar-refractivity contribution >= 4 is 11.6 Å². The Morgan fingerprint density at radius 1 is 1.39 bits per heavy atom. The van der Waals surface area contributed by atoms with Crippen LogP contribution in [-0.4, -0.2) is 19.7 Å². The van der Waals surface area contributed by atoms with Crippen molar-refractivity contribution in [3.8, 4) is 0 Å². The van der Waals surface area contributed by atoms with Crippen LogP contribution in [0.15, 0.2) is 12.3 Å². The minimum atomic E-state index is 0.493. The van der Waals surface area contributed by atoms with Crippen LogP contribution in [-0.2, 0) is 20.0 Å². The molecule has 6 heteroatoms. The highest BCUT2D eigenvalue weighted by Gasteiger charge is 2.05. The number of hydrogen-bond donors (Lipinski definition) is 2. The van der Waals surface area contributed by atoms with Gasteiger partial charge in [0.15, 0.2) is 0 Å². The molecule has 0 saturated carbocycles. The van der Waals surface area contributed by atoms with Crippen molar-refractivity contribution in [3.63, 3.8) is 0 Å². The standard InChI is InChI=1S/C12H18N6/c1-4-11-16-10(13)5-12(17-11)14-6-9-7-15-18(3)8(9)2/h5,7H,4,6H2,1-3H3,(H3,13,14,16,17). The highest BCUT2D eigenvalue weighted by atomic mass is 15.3. The van der Waals surface area contributed by atoms with E-state index >= 15 is 0 Å². The molecule has 0 aliphatic rings. The Kier molecular flexibility index (Phi) is 3.45. The lowest BCUT2D eigenvalue weighted by Crippen LogP contribution is -2.06. The highest BCUT2D eigenvalue weighted by molar-refractivity contribution is 5.45. The maximum atomic E-state index is 5.73. The Hall–Kier alpha value is -2.11. The number of nitrogens with zero attached hydrogens (tertiary/aromatic N) is 4. The topological polar surface area (TPSA) is 81.6 Å². The van der Waals surface area contributed by atoms with Gasteiger partial charge in [-0.1, -0.05) is 6.92 Å². The van der Waals surface area contributed by atoms with E-state index in [9.17, 15) is 0 Å². The van der Waals surface area contributed by atoms with Gasteiger partial charge in [0.25, 0.3) is 0 Å². The first-order chi connectivity index (χ1) is 8.60. The molecule has 0 aliphatic heterocycles. The average molecular weight is 246 g/mol. The normalized spacial score (nSPS) is 10.6. The first-order valence-corrected chi connectivity index (χ1v) is 5.95. The van der Waals surface area contributed by atoms with Gasteiger partial charge in [0.2, 0.25) is 0 Å². The second kappa shape index (κ2) is 5.03. The molecule has 0 bridgehead atoms. The third-order valence-electron chi connectivity index (χ3n) is 2.91.